The maximum Gasteiger partial charge on any atom is 0.266 e. The summed E-state index contributed by atoms with van der Waals surface area (Å²) in [5.74, 6) is 0.507. The van der Waals surface area contributed by atoms with E-state index in [2.05, 4.69) is 35.5 Å². The number of aliphatic hydroxyl groups is 1. The average molecular weight is 493 g/mol. The number of nitrogens with two attached hydrogens (primary N) is 2. The van der Waals surface area contributed by atoms with E-state index in [4.69, 9.17) is 11.5 Å². The van der Waals surface area contributed by atoms with E-state index < -0.39 is 5.92 Å². The molecule has 5 heterocycles. The molecule has 3 aliphatic rings. The fraction of sp³-hybridized carbons (Fsp3) is 0.636. The van der Waals surface area contributed by atoms with Crippen LogP contribution in [0.2, 0.25) is 0 Å². The topological polar surface area (TPSA) is 154 Å². The third kappa shape index (κ3) is 6.27. The molecule has 13 heteroatoms. The van der Waals surface area contributed by atoms with Gasteiger partial charge in [0.2, 0.25) is 11.9 Å². The van der Waals surface area contributed by atoms with E-state index in [1.807, 2.05) is 13.8 Å². The minimum atomic E-state index is -2.65. The predicted octanol–water partition coefficient (Wildman–Crippen LogP) is 1.71. The van der Waals surface area contributed by atoms with E-state index in [-0.39, 0.29) is 37.6 Å². The molecule has 5 rings (SSSR count). The van der Waals surface area contributed by atoms with Crippen LogP contribution in [-0.4, -0.2) is 75.8 Å². The fourth-order valence-electron chi connectivity index (χ4n) is 4.45. The Labute approximate surface area is 203 Å². The van der Waals surface area contributed by atoms with Crippen LogP contribution >= 0.6 is 0 Å². The zero-order valence-corrected chi connectivity index (χ0v) is 20.1. The molecule has 0 radical (unpaired) electrons. The number of alkyl halides is 2. The Hall–Kier alpha value is -3.22. The van der Waals surface area contributed by atoms with Crippen molar-refractivity contribution in [1.82, 2.24) is 19.9 Å². The summed E-state index contributed by atoms with van der Waals surface area (Å²) in [6, 6.07) is 1.84. The first kappa shape index (κ1) is 24.9. The summed E-state index contributed by atoms with van der Waals surface area (Å²) in [7, 11) is 0. The van der Waals surface area contributed by atoms with Gasteiger partial charge in [-0.05, 0) is 33.1 Å². The summed E-state index contributed by atoms with van der Waals surface area (Å²) in [6.45, 7) is 6.30. The number of anilines is 6. The highest BCUT2D eigenvalue weighted by Gasteiger charge is 2.39. The summed E-state index contributed by atoms with van der Waals surface area (Å²) < 4.78 is 26.3. The van der Waals surface area contributed by atoms with Gasteiger partial charge in [0, 0.05) is 50.3 Å². The highest BCUT2D eigenvalue weighted by Crippen LogP contribution is 2.32. The molecule has 0 bridgehead atoms. The van der Waals surface area contributed by atoms with Gasteiger partial charge >= 0.3 is 0 Å². The number of nitrogens with one attached hydrogen (secondary N) is 2. The molecule has 1 atom stereocenters. The van der Waals surface area contributed by atoms with Crippen LogP contribution in [0.15, 0.2) is 6.07 Å². The van der Waals surface area contributed by atoms with Gasteiger partial charge < -0.3 is 37.0 Å². The minimum Gasteiger partial charge on any atom is -0.391 e. The minimum absolute atomic E-state index is 0.0888. The first-order chi connectivity index (χ1) is 16.6. The third-order valence-corrected chi connectivity index (χ3v) is 6.02. The number of nitrogen functional groups attached to an aromatic ring is 2. The quantitative estimate of drug-likeness (QED) is 0.424. The van der Waals surface area contributed by atoms with Crippen LogP contribution in [0.25, 0.3) is 0 Å². The van der Waals surface area contributed by atoms with Crippen molar-refractivity contribution in [2.45, 2.75) is 57.6 Å². The molecule has 0 amide bonds. The molecule has 3 aliphatic heterocycles. The van der Waals surface area contributed by atoms with Crippen molar-refractivity contribution >= 4 is 35.2 Å². The molecular weight excluding hydrogens is 458 g/mol. The van der Waals surface area contributed by atoms with Gasteiger partial charge in [0.15, 0.2) is 0 Å². The monoisotopic (exact) mass is 492 g/mol. The van der Waals surface area contributed by atoms with Gasteiger partial charge in [-0.25, -0.2) is 8.78 Å². The maximum absolute atomic E-state index is 13.2. The summed E-state index contributed by atoms with van der Waals surface area (Å²) in [4.78, 5) is 20.2. The molecule has 0 aromatic carbocycles. The van der Waals surface area contributed by atoms with Crippen molar-refractivity contribution in [3.63, 3.8) is 0 Å². The zero-order valence-electron chi connectivity index (χ0n) is 20.1. The van der Waals surface area contributed by atoms with Gasteiger partial charge in [0.1, 0.15) is 23.3 Å². The van der Waals surface area contributed by atoms with Crippen LogP contribution in [0.3, 0.4) is 0 Å². The normalized spacial score (nSPS) is 20.8. The van der Waals surface area contributed by atoms with Gasteiger partial charge in [0.25, 0.3) is 5.92 Å². The second-order valence-electron chi connectivity index (χ2n) is 9.45. The number of nitrogens with zero attached hydrogens (tertiary/aromatic N) is 6. The standard InChI is InChI=1S/C11H17F2N5.C11H17N5O/c1-7(2)15-8-5-9(17-10(14)16-8)18-4-3-11(12,13)6-18;12-11-14-9-8(2-1-4-13-9)10(15-11)16-5-3-7(17)6-16/h5,7H,3-4,6H2,1-2H3,(H3,14,15,16,17);7,17H,1-6H2,(H3,12,13,14,15)/t;7-/m.1/s1. The smallest absolute Gasteiger partial charge is 0.266 e. The number of rotatable bonds is 4. The van der Waals surface area contributed by atoms with Crippen LogP contribution in [0.5, 0.6) is 0 Å². The molecular formula is C22H34F2N10O. The van der Waals surface area contributed by atoms with Crippen molar-refractivity contribution in [3.05, 3.63) is 11.6 Å². The van der Waals surface area contributed by atoms with Crippen molar-refractivity contribution in [2.75, 3.05) is 64.6 Å². The van der Waals surface area contributed by atoms with Gasteiger partial charge in [-0.1, -0.05) is 0 Å². The maximum atomic E-state index is 13.2. The van der Waals surface area contributed by atoms with Crippen molar-refractivity contribution in [1.29, 1.82) is 0 Å². The molecule has 0 saturated carbocycles. The number of aliphatic hydroxyl groups excluding tert-OH is 1. The van der Waals surface area contributed by atoms with Crippen LogP contribution in [0.4, 0.5) is 43.9 Å². The lowest BCUT2D eigenvalue weighted by molar-refractivity contribution is 0.0256. The molecule has 0 aliphatic carbocycles. The molecule has 2 aromatic rings. The highest BCUT2D eigenvalue weighted by atomic mass is 19.3. The number of hydrogen-bond acceptors (Lipinski definition) is 11. The molecule has 35 heavy (non-hydrogen) atoms. The van der Waals surface area contributed by atoms with Gasteiger partial charge in [-0.15, -0.1) is 0 Å². The van der Waals surface area contributed by atoms with E-state index >= 15 is 0 Å². The van der Waals surface area contributed by atoms with E-state index in [1.54, 1.807) is 6.07 Å². The van der Waals surface area contributed by atoms with Crippen molar-refractivity contribution in [2.24, 2.45) is 0 Å². The lowest BCUT2D eigenvalue weighted by atomic mass is 10.1. The molecule has 2 aromatic heterocycles. The Balaban J connectivity index is 0.000000165. The van der Waals surface area contributed by atoms with E-state index in [1.165, 1.54) is 4.90 Å². The molecule has 11 nitrogen and oxygen atoms in total. The molecule has 2 fully saturated rings. The fourth-order valence-corrected chi connectivity index (χ4v) is 4.45. The van der Waals surface area contributed by atoms with Gasteiger partial charge in [-0.2, -0.15) is 19.9 Å². The predicted molar refractivity (Wildman–Crippen MR) is 133 cm³/mol. The lowest BCUT2D eigenvalue weighted by Gasteiger charge is -2.25. The number of fused-ring (bicyclic) bond motifs is 1. The zero-order chi connectivity index (χ0) is 25.2. The molecule has 192 valence electrons. The SMILES string of the molecule is CC(C)Nc1cc(N2CCC(F)(F)C2)nc(N)n1.Nc1nc2c(c(N3CC[C@@H](O)C3)n1)CCCN2. The average Bonchev–Trinajstić information content (AvgIpc) is 3.37. The Bertz CT molecular complexity index is 1040. The molecule has 0 spiro atoms. The molecule has 7 N–H and O–H groups in total. The van der Waals surface area contributed by atoms with Crippen LogP contribution < -0.4 is 31.9 Å². The Morgan fingerprint density at radius 2 is 1.91 bits per heavy atom. The summed E-state index contributed by atoms with van der Waals surface area (Å²) in [6.07, 6.45) is 2.46. The Morgan fingerprint density at radius 1 is 1.14 bits per heavy atom. The third-order valence-electron chi connectivity index (χ3n) is 6.02. The van der Waals surface area contributed by atoms with Crippen LogP contribution in [0.1, 0.15) is 38.7 Å². The van der Waals surface area contributed by atoms with E-state index in [0.29, 0.717) is 24.1 Å². The summed E-state index contributed by atoms with van der Waals surface area (Å²) in [5.41, 5.74) is 12.5. The Kier molecular flexibility index (Phi) is 7.24. The number of halogens is 2. The number of aromatic nitrogens is 4. The first-order valence-corrected chi connectivity index (χ1v) is 12.0. The van der Waals surface area contributed by atoms with Crippen LogP contribution in [0, 0.1) is 0 Å². The second kappa shape index (κ2) is 10.2. The summed E-state index contributed by atoms with van der Waals surface area (Å²) >= 11 is 0. The number of hydrogen-bond donors (Lipinski definition) is 5. The largest absolute Gasteiger partial charge is 0.391 e. The van der Waals surface area contributed by atoms with Gasteiger partial charge in [0.05, 0.1) is 12.6 Å². The second-order valence-corrected chi connectivity index (χ2v) is 9.45. The van der Waals surface area contributed by atoms with Crippen molar-refractivity contribution < 1.29 is 13.9 Å². The lowest BCUT2D eigenvalue weighted by Crippen LogP contribution is -2.26. The highest BCUT2D eigenvalue weighted by molar-refractivity contribution is 5.63. The first-order valence-electron chi connectivity index (χ1n) is 12.0. The molecule has 0 unspecified atom stereocenters. The molecule has 2 saturated heterocycles. The van der Waals surface area contributed by atoms with Gasteiger partial charge in [-0.3, -0.25) is 0 Å². The number of β-amino-alcohol motifs (C(OH)–C–C–N with tert-alkyl or cyclic N) is 1. The van der Waals surface area contributed by atoms with Crippen LogP contribution in [-0.2, 0) is 6.42 Å². The van der Waals surface area contributed by atoms with Crippen molar-refractivity contribution in [3.8, 4) is 0 Å². The van der Waals surface area contributed by atoms with E-state index in [9.17, 15) is 13.9 Å². The Morgan fingerprint density at radius 3 is 2.57 bits per heavy atom. The van der Waals surface area contributed by atoms with E-state index in [0.717, 1.165) is 49.6 Å². The summed E-state index contributed by atoms with van der Waals surface area (Å²) in [5, 5.41) is 15.9.